The fourth-order valence-electron chi connectivity index (χ4n) is 2.56. The van der Waals surface area contributed by atoms with Gasteiger partial charge in [-0.05, 0) is 44.9 Å². The minimum Gasteiger partial charge on any atom is -0.488 e. The van der Waals surface area contributed by atoms with E-state index < -0.39 is 0 Å². The predicted octanol–water partition coefficient (Wildman–Crippen LogP) is 3.47. The molecule has 0 saturated carbocycles. The van der Waals surface area contributed by atoms with Gasteiger partial charge in [0.25, 0.3) is 5.91 Å². The smallest absolute Gasteiger partial charge is 0.278 e. The minimum absolute atomic E-state index is 0.203. The normalized spacial score (nSPS) is 10.8. The van der Waals surface area contributed by atoms with Crippen molar-refractivity contribution in [3.8, 4) is 5.75 Å². The summed E-state index contributed by atoms with van der Waals surface area (Å²) >= 11 is 0. The third-order valence-corrected chi connectivity index (χ3v) is 4.40. The Morgan fingerprint density at radius 2 is 2.04 bits per heavy atom. The van der Waals surface area contributed by atoms with Crippen LogP contribution in [0.4, 0.5) is 5.69 Å². The zero-order valence-electron chi connectivity index (χ0n) is 15.6. The van der Waals surface area contributed by atoms with Crippen LogP contribution in [0.25, 0.3) is 0 Å². The molecule has 7 nitrogen and oxygen atoms in total. The first-order valence-electron chi connectivity index (χ1n) is 8.32. The molecular weight excluding hydrogens is 332 g/mol. The molecule has 0 aliphatic carbocycles. The Morgan fingerprint density at radius 1 is 1.27 bits per heavy atom. The molecule has 0 atom stereocenters. The molecule has 0 radical (unpaired) electrons. The molecule has 1 amide bonds. The second-order valence-corrected chi connectivity index (χ2v) is 6.34. The molecule has 0 spiro atoms. The van der Waals surface area contributed by atoms with Crippen LogP contribution in [0.5, 0.6) is 5.75 Å². The molecule has 1 N–H and O–H groups in total. The van der Waals surface area contributed by atoms with Crippen molar-refractivity contribution in [2.24, 2.45) is 7.05 Å². The molecule has 26 heavy (non-hydrogen) atoms. The van der Waals surface area contributed by atoms with Crippen LogP contribution in [0.15, 0.2) is 28.9 Å². The lowest BCUT2D eigenvalue weighted by atomic mass is 10.1. The molecule has 2 heterocycles. The zero-order chi connectivity index (χ0) is 18.8. The molecule has 1 aromatic carbocycles. The molecule has 0 saturated heterocycles. The first-order chi connectivity index (χ1) is 12.4. The van der Waals surface area contributed by atoms with Gasteiger partial charge in [0.15, 0.2) is 5.69 Å². The van der Waals surface area contributed by atoms with E-state index in [1.54, 1.807) is 17.8 Å². The number of rotatable bonds is 5. The van der Waals surface area contributed by atoms with E-state index in [0.29, 0.717) is 17.0 Å². The Morgan fingerprint density at radius 3 is 2.73 bits per heavy atom. The molecule has 0 bridgehead atoms. The van der Waals surface area contributed by atoms with Crippen molar-refractivity contribution in [3.63, 3.8) is 0 Å². The molecular formula is C19H22N4O3. The zero-order valence-corrected chi connectivity index (χ0v) is 15.6. The standard InChI is InChI=1S/C19H22N4O3/c1-11-6-7-12(2)17(8-11)25-10-15-14(4)26-22-18(15)19(24)21-16-9-20-23(5)13(16)3/h6-9H,10H2,1-5H3,(H,21,24). The lowest BCUT2D eigenvalue weighted by Crippen LogP contribution is -2.16. The topological polar surface area (TPSA) is 82.2 Å². The van der Waals surface area contributed by atoms with Crippen LogP contribution < -0.4 is 10.1 Å². The Hall–Kier alpha value is -3.09. The maximum Gasteiger partial charge on any atom is 0.278 e. The summed E-state index contributed by atoms with van der Waals surface area (Å²) in [6, 6.07) is 6.00. The number of hydrogen-bond donors (Lipinski definition) is 1. The van der Waals surface area contributed by atoms with Crippen molar-refractivity contribution >= 4 is 11.6 Å². The Labute approximate surface area is 151 Å². The van der Waals surface area contributed by atoms with E-state index in [0.717, 1.165) is 22.6 Å². The molecule has 3 rings (SSSR count). The number of hydrogen-bond acceptors (Lipinski definition) is 5. The number of benzene rings is 1. The van der Waals surface area contributed by atoms with Gasteiger partial charge in [-0.2, -0.15) is 5.10 Å². The van der Waals surface area contributed by atoms with Crippen molar-refractivity contribution in [2.45, 2.75) is 34.3 Å². The van der Waals surface area contributed by atoms with E-state index in [-0.39, 0.29) is 18.2 Å². The quantitative estimate of drug-likeness (QED) is 0.758. The largest absolute Gasteiger partial charge is 0.488 e. The van der Waals surface area contributed by atoms with Crippen molar-refractivity contribution in [1.29, 1.82) is 0 Å². The average molecular weight is 354 g/mol. The lowest BCUT2D eigenvalue weighted by Gasteiger charge is -2.10. The van der Waals surface area contributed by atoms with Crippen LogP contribution in [-0.2, 0) is 13.7 Å². The monoisotopic (exact) mass is 354 g/mol. The van der Waals surface area contributed by atoms with Crippen molar-refractivity contribution < 1.29 is 14.1 Å². The van der Waals surface area contributed by atoms with Crippen LogP contribution in [-0.4, -0.2) is 20.8 Å². The summed E-state index contributed by atoms with van der Waals surface area (Å²) in [5, 5.41) is 10.8. The first kappa shape index (κ1) is 17.7. The number of nitrogens with zero attached hydrogens (tertiary/aromatic N) is 3. The van der Waals surface area contributed by atoms with Gasteiger partial charge in [-0.3, -0.25) is 9.48 Å². The second kappa shape index (κ2) is 7.03. The maximum atomic E-state index is 12.6. The first-order valence-corrected chi connectivity index (χ1v) is 8.32. The summed E-state index contributed by atoms with van der Waals surface area (Å²) in [6.07, 6.45) is 1.60. The van der Waals surface area contributed by atoms with Crippen molar-refractivity contribution in [2.75, 3.05) is 5.32 Å². The highest BCUT2D eigenvalue weighted by Crippen LogP contribution is 2.23. The highest BCUT2D eigenvalue weighted by molar-refractivity contribution is 6.04. The van der Waals surface area contributed by atoms with Gasteiger partial charge in [-0.15, -0.1) is 0 Å². The highest BCUT2D eigenvalue weighted by atomic mass is 16.5. The van der Waals surface area contributed by atoms with Gasteiger partial charge in [-0.1, -0.05) is 17.3 Å². The van der Waals surface area contributed by atoms with Gasteiger partial charge in [0.05, 0.1) is 23.1 Å². The number of aromatic nitrogens is 3. The molecule has 0 fully saturated rings. The summed E-state index contributed by atoms with van der Waals surface area (Å²) in [7, 11) is 1.81. The summed E-state index contributed by atoms with van der Waals surface area (Å²) in [4.78, 5) is 12.6. The Bertz CT molecular complexity index is 956. The molecule has 7 heteroatoms. The summed E-state index contributed by atoms with van der Waals surface area (Å²) in [5.41, 5.74) is 4.48. The van der Waals surface area contributed by atoms with Crippen molar-refractivity contribution in [3.05, 3.63) is 58.2 Å². The van der Waals surface area contributed by atoms with Crippen molar-refractivity contribution in [1.82, 2.24) is 14.9 Å². The van der Waals surface area contributed by atoms with Gasteiger partial charge in [-0.25, -0.2) is 0 Å². The molecule has 136 valence electrons. The van der Waals surface area contributed by atoms with E-state index in [1.165, 1.54) is 0 Å². The fraction of sp³-hybridized carbons (Fsp3) is 0.316. The lowest BCUT2D eigenvalue weighted by molar-refractivity contribution is 0.101. The Balaban J connectivity index is 1.79. The summed E-state index contributed by atoms with van der Waals surface area (Å²) in [6.45, 7) is 7.83. The third kappa shape index (κ3) is 3.46. The van der Waals surface area contributed by atoms with Gasteiger partial charge in [0.2, 0.25) is 0 Å². The van der Waals surface area contributed by atoms with Crippen LogP contribution >= 0.6 is 0 Å². The number of nitrogens with one attached hydrogen (secondary N) is 1. The Kier molecular flexibility index (Phi) is 4.79. The fourth-order valence-corrected chi connectivity index (χ4v) is 2.56. The number of ether oxygens (including phenoxy) is 1. The van der Waals surface area contributed by atoms with Crippen LogP contribution in [0, 0.1) is 27.7 Å². The van der Waals surface area contributed by atoms with Crippen LogP contribution in [0.3, 0.4) is 0 Å². The maximum absolute atomic E-state index is 12.6. The molecule has 2 aromatic heterocycles. The van der Waals surface area contributed by atoms with E-state index in [2.05, 4.69) is 15.6 Å². The van der Waals surface area contributed by atoms with Crippen LogP contribution in [0.2, 0.25) is 0 Å². The number of carbonyl (C=O) groups excluding carboxylic acids is 1. The van der Waals surface area contributed by atoms with Gasteiger partial charge in [0.1, 0.15) is 18.1 Å². The van der Waals surface area contributed by atoms with E-state index in [4.69, 9.17) is 9.26 Å². The average Bonchev–Trinajstić information content (AvgIpc) is 3.13. The molecule has 0 aliphatic rings. The summed E-state index contributed by atoms with van der Waals surface area (Å²) < 4.78 is 12.8. The molecule has 3 aromatic rings. The van der Waals surface area contributed by atoms with E-state index >= 15 is 0 Å². The SMILES string of the molecule is Cc1ccc(C)c(OCc2c(C(=O)Nc3cnn(C)c3C)noc2C)c1. The van der Waals surface area contributed by atoms with Gasteiger partial charge < -0.3 is 14.6 Å². The third-order valence-electron chi connectivity index (χ3n) is 4.40. The number of carbonyl (C=O) groups is 1. The van der Waals surface area contributed by atoms with Gasteiger partial charge >= 0.3 is 0 Å². The number of amides is 1. The molecule has 0 unspecified atom stereocenters. The molecule has 0 aliphatic heterocycles. The number of aryl methyl sites for hydroxylation is 4. The second-order valence-electron chi connectivity index (χ2n) is 6.34. The minimum atomic E-state index is -0.350. The van der Waals surface area contributed by atoms with Crippen LogP contribution in [0.1, 0.15) is 38.6 Å². The highest BCUT2D eigenvalue weighted by Gasteiger charge is 2.22. The summed E-state index contributed by atoms with van der Waals surface area (Å²) in [5.74, 6) is 0.987. The van der Waals surface area contributed by atoms with Gasteiger partial charge in [0, 0.05) is 7.05 Å². The number of anilines is 1. The van der Waals surface area contributed by atoms with E-state index in [1.807, 2.05) is 46.0 Å². The van der Waals surface area contributed by atoms with E-state index in [9.17, 15) is 4.79 Å². The predicted molar refractivity (Wildman–Crippen MR) is 97.4 cm³/mol.